The predicted molar refractivity (Wildman–Crippen MR) is 115 cm³/mol. The number of alkyl halides is 3. The van der Waals surface area contributed by atoms with E-state index >= 15 is 0 Å². The first-order valence-electron chi connectivity index (χ1n) is 9.86. The molecule has 2 aromatic carbocycles. The number of nitrogens with zero attached hydrogens (tertiary/aromatic N) is 2. The normalized spacial score (nSPS) is 17.6. The van der Waals surface area contributed by atoms with E-state index < -0.39 is 33.7 Å². The molecule has 1 fully saturated rings. The Balaban J connectivity index is 1.80. The molecule has 1 heterocycles. The van der Waals surface area contributed by atoms with E-state index in [1.807, 2.05) is 0 Å². The van der Waals surface area contributed by atoms with Crippen molar-refractivity contribution >= 4 is 33.4 Å². The minimum atomic E-state index is -4.48. The third-order valence-corrected chi connectivity index (χ3v) is 7.42. The molecule has 3 rings (SSSR count). The molecule has 12 heteroatoms. The zero-order valence-corrected chi connectivity index (χ0v) is 19.0. The first kappa shape index (κ1) is 25.0. The quantitative estimate of drug-likeness (QED) is 0.680. The van der Waals surface area contributed by atoms with Crippen LogP contribution >= 0.6 is 11.6 Å². The maximum Gasteiger partial charge on any atom is 0.416 e. The maximum absolute atomic E-state index is 13.2. The van der Waals surface area contributed by atoms with Gasteiger partial charge in [-0.1, -0.05) is 23.7 Å². The van der Waals surface area contributed by atoms with Crippen molar-refractivity contribution in [2.75, 3.05) is 19.6 Å². The van der Waals surface area contributed by atoms with E-state index in [0.717, 1.165) is 16.4 Å². The van der Waals surface area contributed by atoms with Gasteiger partial charge in [0.05, 0.1) is 10.5 Å². The van der Waals surface area contributed by atoms with Crippen molar-refractivity contribution in [2.24, 2.45) is 0 Å². The van der Waals surface area contributed by atoms with Gasteiger partial charge in [0.25, 0.3) is 0 Å². The largest absolute Gasteiger partial charge is 0.416 e. The standard InChI is InChI=1S/C21H21ClF3N3O4S/c1-14(29)27-10-11-28(33(31,32)18-8-6-17(22)7-9-18)19(13-27)20(30)26-12-15-2-4-16(5-3-15)21(23,24)25/h2-9,19H,10-13H2,1H3,(H,26,30). The number of halogens is 4. The van der Waals surface area contributed by atoms with Crippen molar-refractivity contribution in [1.29, 1.82) is 0 Å². The van der Waals surface area contributed by atoms with Crippen LogP contribution in [0.2, 0.25) is 5.02 Å². The number of sulfonamides is 1. The summed E-state index contributed by atoms with van der Waals surface area (Å²) in [5.74, 6) is -0.975. The molecule has 1 saturated heterocycles. The van der Waals surface area contributed by atoms with E-state index in [4.69, 9.17) is 11.6 Å². The highest BCUT2D eigenvalue weighted by Crippen LogP contribution is 2.29. The Morgan fingerprint density at radius 1 is 1.06 bits per heavy atom. The molecular weight excluding hydrogens is 483 g/mol. The average molecular weight is 504 g/mol. The molecule has 1 unspecified atom stereocenters. The molecule has 1 N–H and O–H groups in total. The molecule has 1 atom stereocenters. The summed E-state index contributed by atoms with van der Waals surface area (Å²) in [6, 6.07) is 8.53. The number of carbonyl (C=O) groups excluding carboxylic acids is 2. The molecule has 1 aliphatic heterocycles. The van der Waals surface area contributed by atoms with E-state index in [1.54, 1.807) is 0 Å². The van der Waals surface area contributed by atoms with E-state index in [2.05, 4.69) is 5.32 Å². The summed E-state index contributed by atoms with van der Waals surface area (Å²) < 4.78 is 65.6. The fourth-order valence-electron chi connectivity index (χ4n) is 3.41. The molecular formula is C21H21ClF3N3O4S. The lowest BCUT2D eigenvalue weighted by molar-refractivity contribution is -0.138. The highest BCUT2D eigenvalue weighted by molar-refractivity contribution is 7.89. The van der Waals surface area contributed by atoms with E-state index in [0.29, 0.717) is 10.6 Å². The molecule has 0 spiro atoms. The highest BCUT2D eigenvalue weighted by atomic mass is 35.5. The highest BCUT2D eigenvalue weighted by Gasteiger charge is 2.40. The van der Waals surface area contributed by atoms with Crippen LogP contribution in [0, 0.1) is 0 Å². The van der Waals surface area contributed by atoms with Crippen molar-refractivity contribution in [1.82, 2.24) is 14.5 Å². The predicted octanol–water partition coefficient (Wildman–Crippen LogP) is 2.90. The van der Waals surface area contributed by atoms with Crippen molar-refractivity contribution < 1.29 is 31.2 Å². The first-order valence-corrected chi connectivity index (χ1v) is 11.7. The molecule has 0 saturated carbocycles. The topological polar surface area (TPSA) is 86.8 Å². The summed E-state index contributed by atoms with van der Waals surface area (Å²) in [4.78, 5) is 26.1. The van der Waals surface area contributed by atoms with Crippen LogP contribution in [0.15, 0.2) is 53.4 Å². The van der Waals surface area contributed by atoms with Gasteiger partial charge in [0, 0.05) is 38.1 Å². The Morgan fingerprint density at radius 2 is 1.67 bits per heavy atom. The number of rotatable bonds is 5. The van der Waals surface area contributed by atoms with Crippen LogP contribution in [-0.4, -0.2) is 55.1 Å². The van der Waals surface area contributed by atoms with Gasteiger partial charge in [-0.25, -0.2) is 8.42 Å². The van der Waals surface area contributed by atoms with Gasteiger partial charge in [-0.15, -0.1) is 0 Å². The first-order chi connectivity index (χ1) is 15.4. The number of carbonyl (C=O) groups is 2. The number of nitrogens with one attached hydrogen (secondary N) is 1. The SMILES string of the molecule is CC(=O)N1CCN(S(=O)(=O)c2ccc(Cl)cc2)C(C(=O)NCc2ccc(C(F)(F)F)cc2)C1. The molecule has 0 bridgehead atoms. The molecule has 2 amide bonds. The van der Waals surface area contributed by atoms with Crippen LogP contribution in [0.25, 0.3) is 0 Å². The molecule has 178 valence electrons. The van der Waals surface area contributed by atoms with E-state index in [1.165, 1.54) is 48.2 Å². The van der Waals surface area contributed by atoms with Crippen LogP contribution in [0.5, 0.6) is 0 Å². The summed E-state index contributed by atoms with van der Waals surface area (Å²) in [5, 5.41) is 2.91. The van der Waals surface area contributed by atoms with Crippen molar-refractivity contribution in [3.63, 3.8) is 0 Å². The molecule has 0 radical (unpaired) electrons. The minimum absolute atomic E-state index is 0.0521. The molecule has 0 aliphatic carbocycles. The molecule has 7 nitrogen and oxygen atoms in total. The van der Waals surface area contributed by atoms with Crippen molar-refractivity contribution in [2.45, 2.75) is 30.6 Å². The summed E-state index contributed by atoms with van der Waals surface area (Å²) in [7, 11) is -4.08. The fourth-order valence-corrected chi connectivity index (χ4v) is 5.11. The lowest BCUT2D eigenvalue weighted by Gasteiger charge is -2.39. The average Bonchev–Trinajstić information content (AvgIpc) is 2.77. The van der Waals surface area contributed by atoms with Gasteiger partial charge < -0.3 is 10.2 Å². The smallest absolute Gasteiger partial charge is 0.351 e. The second-order valence-electron chi connectivity index (χ2n) is 7.46. The lowest BCUT2D eigenvalue weighted by Crippen LogP contribution is -2.61. The number of piperazine rings is 1. The number of amides is 2. The monoisotopic (exact) mass is 503 g/mol. The zero-order chi connectivity index (χ0) is 24.4. The number of hydrogen-bond acceptors (Lipinski definition) is 4. The maximum atomic E-state index is 13.2. The van der Waals surface area contributed by atoms with Gasteiger partial charge in [-0.2, -0.15) is 17.5 Å². The number of hydrogen-bond donors (Lipinski definition) is 1. The summed E-state index contributed by atoms with van der Waals surface area (Å²) >= 11 is 5.84. The van der Waals surface area contributed by atoms with Gasteiger partial charge in [0.2, 0.25) is 21.8 Å². The van der Waals surface area contributed by atoms with Gasteiger partial charge in [-0.05, 0) is 42.0 Å². The van der Waals surface area contributed by atoms with Crippen LogP contribution in [-0.2, 0) is 32.3 Å². The fraction of sp³-hybridized carbons (Fsp3) is 0.333. The third kappa shape index (κ3) is 5.84. The van der Waals surface area contributed by atoms with E-state index in [-0.39, 0.29) is 37.0 Å². The Bertz CT molecular complexity index is 1120. The molecule has 1 aliphatic rings. The molecule has 2 aromatic rings. The Labute approximate surface area is 194 Å². The van der Waals surface area contributed by atoms with E-state index in [9.17, 15) is 31.2 Å². The second-order valence-corrected chi connectivity index (χ2v) is 9.79. The van der Waals surface area contributed by atoms with Gasteiger partial charge in [0.15, 0.2) is 0 Å². The lowest BCUT2D eigenvalue weighted by atomic mass is 10.1. The van der Waals surface area contributed by atoms with Crippen molar-refractivity contribution in [3.05, 3.63) is 64.7 Å². The molecule has 0 aromatic heterocycles. The Kier molecular flexibility index (Phi) is 7.35. The molecule has 33 heavy (non-hydrogen) atoms. The van der Waals surface area contributed by atoms with Crippen LogP contribution < -0.4 is 5.32 Å². The zero-order valence-electron chi connectivity index (χ0n) is 17.5. The van der Waals surface area contributed by atoms with Gasteiger partial charge in [-0.3, -0.25) is 9.59 Å². The van der Waals surface area contributed by atoms with Gasteiger partial charge >= 0.3 is 6.18 Å². The Hall–Kier alpha value is -2.63. The summed E-state index contributed by atoms with van der Waals surface area (Å²) in [6.07, 6.45) is -4.48. The second kappa shape index (κ2) is 9.70. The summed E-state index contributed by atoms with van der Waals surface area (Å²) in [6.45, 7) is 1.08. The van der Waals surface area contributed by atoms with Crippen LogP contribution in [0.1, 0.15) is 18.1 Å². The van der Waals surface area contributed by atoms with Crippen LogP contribution in [0.4, 0.5) is 13.2 Å². The van der Waals surface area contributed by atoms with Crippen LogP contribution in [0.3, 0.4) is 0 Å². The number of benzene rings is 2. The Morgan fingerprint density at radius 3 is 2.21 bits per heavy atom. The minimum Gasteiger partial charge on any atom is -0.351 e. The third-order valence-electron chi connectivity index (χ3n) is 5.25. The summed E-state index contributed by atoms with van der Waals surface area (Å²) in [5.41, 5.74) is -0.412. The van der Waals surface area contributed by atoms with Gasteiger partial charge in [0.1, 0.15) is 6.04 Å². The van der Waals surface area contributed by atoms with Crippen molar-refractivity contribution in [3.8, 4) is 0 Å².